The number of aliphatic hydroxyl groups excluding tert-OH is 2. The lowest BCUT2D eigenvalue weighted by atomic mass is 10.0. The summed E-state index contributed by atoms with van der Waals surface area (Å²) in [6.07, 6.45) is 11.7. The maximum absolute atomic E-state index is 12.0. The molecular formula is C31H46N2O6. The third-order valence-electron chi connectivity index (χ3n) is 6.38. The highest BCUT2D eigenvalue weighted by molar-refractivity contribution is 5.85. The van der Waals surface area contributed by atoms with Crippen molar-refractivity contribution in [2.75, 3.05) is 37.1 Å². The van der Waals surface area contributed by atoms with Crippen molar-refractivity contribution in [1.29, 1.82) is 0 Å². The Bertz CT molecular complexity index is 842. The highest BCUT2D eigenvalue weighted by Gasteiger charge is 2.06. The molecule has 8 nitrogen and oxygen atoms in total. The van der Waals surface area contributed by atoms with Gasteiger partial charge in [0.1, 0.15) is 0 Å². The Balaban J connectivity index is 1.60. The molecule has 0 fully saturated rings. The van der Waals surface area contributed by atoms with Crippen LogP contribution in [0.2, 0.25) is 0 Å². The van der Waals surface area contributed by atoms with Gasteiger partial charge in [-0.1, -0.05) is 75.6 Å². The van der Waals surface area contributed by atoms with Crippen LogP contribution >= 0.6 is 0 Å². The zero-order valence-electron chi connectivity index (χ0n) is 23.2. The van der Waals surface area contributed by atoms with E-state index in [1.807, 2.05) is 48.5 Å². The van der Waals surface area contributed by atoms with Crippen molar-refractivity contribution in [2.45, 2.75) is 83.5 Å². The van der Waals surface area contributed by atoms with Crippen LogP contribution < -0.4 is 10.6 Å². The van der Waals surface area contributed by atoms with Gasteiger partial charge in [-0.15, -0.1) is 0 Å². The number of ether oxygens (including phenoxy) is 2. The number of rotatable bonds is 20. The molecule has 0 saturated carbocycles. The van der Waals surface area contributed by atoms with Gasteiger partial charge in [-0.05, 0) is 67.5 Å². The van der Waals surface area contributed by atoms with Crippen LogP contribution in [-0.2, 0) is 15.9 Å². The number of amides is 2. The average molecular weight is 543 g/mol. The topological polar surface area (TPSA) is 117 Å². The van der Waals surface area contributed by atoms with E-state index >= 15 is 0 Å². The van der Waals surface area contributed by atoms with E-state index in [0.717, 1.165) is 94.6 Å². The number of nitrogens with one attached hydrogen (secondary N) is 2. The van der Waals surface area contributed by atoms with Crippen molar-refractivity contribution >= 4 is 23.6 Å². The Kier molecular flexibility index (Phi) is 17.1. The maximum Gasteiger partial charge on any atom is 0.411 e. The van der Waals surface area contributed by atoms with E-state index in [1.165, 1.54) is 0 Å². The van der Waals surface area contributed by atoms with E-state index in [9.17, 15) is 9.59 Å². The van der Waals surface area contributed by atoms with E-state index < -0.39 is 12.2 Å². The minimum absolute atomic E-state index is 0.254. The van der Waals surface area contributed by atoms with Gasteiger partial charge in [-0.25, -0.2) is 9.59 Å². The Labute approximate surface area is 233 Å². The van der Waals surface area contributed by atoms with E-state index in [0.29, 0.717) is 24.6 Å². The molecule has 8 heteroatoms. The fourth-order valence-corrected chi connectivity index (χ4v) is 4.13. The summed E-state index contributed by atoms with van der Waals surface area (Å²) in [7, 11) is 0. The molecule has 0 unspecified atom stereocenters. The maximum atomic E-state index is 12.0. The van der Waals surface area contributed by atoms with Gasteiger partial charge in [0.05, 0.1) is 13.2 Å². The molecule has 0 aliphatic rings. The molecule has 2 aromatic rings. The molecule has 39 heavy (non-hydrogen) atoms. The lowest BCUT2D eigenvalue weighted by Gasteiger charge is -2.09. The Hall–Kier alpha value is -3.10. The average Bonchev–Trinajstić information content (AvgIpc) is 2.94. The van der Waals surface area contributed by atoms with Crippen molar-refractivity contribution in [3.05, 3.63) is 59.7 Å². The summed E-state index contributed by atoms with van der Waals surface area (Å²) in [5.74, 6) is 0. The number of aliphatic hydroxyl groups is 2. The number of unbranched alkanes of at least 4 members (excludes halogenated alkanes) is 10. The molecule has 0 aliphatic heterocycles. The number of hydrogen-bond acceptors (Lipinski definition) is 6. The first-order valence-electron chi connectivity index (χ1n) is 14.4. The SMILES string of the molecule is O=C(Nc1ccc(Cc2ccc(NC(=O)OCCCCCCCCO)cc2)cc1)OCCCCCCCCO. The van der Waals surface area contributed by atoms with E-state index in [4.69, 9.17) is 19.7 Å². The van der Waals surface area contributed by atoms with Crippen LogP contribution in [-0.4, -0.2) is 48.8 Å². The second-order valence-electron chi connectivity index (χ2n) is 9.78. The van der Waals surface area contributed by atoms with Crippen molar-refractivity contribution in [2.24, 2.45) is 0 Å². The molecule has 0 spiro atoms. The molecule has 216 valence electrons. The van der Waals surface area contributed by atoms with Gasteiger partial charge in [0.25, 0.3) is 0 Å². The first-order chi connectivity index (χ1) is 19.1. The predicted molar refractivity (Wildman–Crippen MR) is 155 cm³/mol. The zero-order chi connectivity index (χ0) is 28.0. The van der Waals surface area contributed by atoms with E-state index in [-0.39, 0.29) is 13.2 Å². The third kappa shape index (κ3) is 15.8. The molecule has 0 saturated heterocycles. The fourth-order valence-electron chi connectivity index (χ4n) is 4.13. The molecule has 0 bridgehead atoms. The number of carbonyl (C=O) groups is 2. The van der Waals surface area contributed by atoms with Crippen LogP contribution in [0.4, 0.5) is 21.0 Å². The lowest BCUT2D eigenvalue weighted by Crippen LogP contribution is -2.14. The summed E-state index contributed by atoms with van der Waals surface area (Å²) in [5.41, 5.74) is 3.58. The molecule has 0 aromatic heterocycles. The van der Waals surface area contributed by atoms with Crippen LogP contribution in [0.5, 0.6) is 0 Å². The monoisotopic (exact) mass is 542 g/mol. The van der Waals surface area contributed by atoms with Crippen LogP contribution in [0.25, 0.3) is 0 Å². The normalized spacial score (nSPS) is 10.7. The predicted octanol–water partition coefficient (Wildman–Crippen LogP) is 7.04. The molecule has 0 heterocycles. The first-order valence-corrected chi connectivity index (χ1v) is 14.4. The third-order valence-corrected chi connectivity index (χ3v) is 6.38. The molecule has 2 aromatic carbocycles. The first kappa shape index (κ1) is 32.1. The smallest absolute Gasteiger partial charge is 0.411 e. The Morgan fingerprint density at radius 1 is 0.513 bits per heavy atom. The van der Waals surface area contributed by atoms with Crippen LogP contribution in [0, 0.1) is 0 Å². The minimum Gasteiger partial charge on any atom is -0.449 e. The summed E-state index contributed by atoms with van der Waals surface area (Å²) in [6, 6.07) is 15.3. The van der Waals surface area contributed by atoms with Gasteiger partial charge >= 0.3 is 12.2 Å². The number of benzene rings is 2. The molecule has 2 amide bonds. The van der Waals surface area contributed by atoms with Gasteiger partial charge in [-0.2, -0.15) is 0 Å². The molecule has 0 aliphatic carbocycles. The van der Waals surface area contributed by atoms with Crippen LogP contribution in [0.3, 0.4) is 0 Å². The second-order valence-corrected chi connectivity index (χ2v) is 9.78. The largest absolute Gasteiger partial charge is 0.449 e. The van der Waals surface area contributed by atoms with Crippen LogP contribution in [0.1, 0.15) is 88.2 Å². The molecular weight excluding hydrogens is 496 g/mol. The lowest BCUT2D eigenvalue weighted by molar-refractivity contribution is 0.158. The summed E-state index contributed by atoms with van der Waals surface area (Å²) < 4.78 is 10.5. The van der Waals surface area contributed by atoms with Gasteiger partial charge < -0.3 is 19.7 Å². The van der Waals surface area contributed by atoms with E-state index in [2.05, 4.69) is 10.6 Å². The van der Waals surface area contributed by atoms with E-state index in [1.54, 1.807) is 0 Å². The summed E-state index contributed by atoms with van der Waals surface area (Å²) >= 11 is 0. The van der Waals surface area contributed by atoms with Gasteiger partial charge in [0.15, 0.2) is 0 Å². The zero-order valence-corrected chi connectivity index (χ0v) is 23.2. The quantitative estimate of drug-likeness (QED) is 0.133. The highest BCUT2D eigenvalue weighted by atomic mass is 16.6. The highest BCUT2D eigenvalue weighted by Crippen LogP contribution is 2.17. The van der Waals surface area contributed by atoms with Crippen molar-refractivity contribution in [1.82, 2.24) is 0 Å². The second kappa shape index (κ2) is 20.8. The number of anilines is 2. The molecule has 2 rings (SSSR count). The van der Waals surface area contributed by atoms with Gasteiger partial charge in [0, 0.05) is 24.6 Å². The number of hydrogen-bond donors (Lipinski definition) is 4. The summed E-state index contributed by atoms with van der Waals surface area (Å²) in [5, 5.41) is 23.1. The van der Waals surface area contributed by atoms with Gasteiger partial charge in [0.2, 0.25) is 0 Å². The van der Waals surface area contributed by atoms with Gasteiger partial charge in [-0.3, -0.25) is 10.6 Å². The summed E-state index contributed by atoms with van der Waals surface area (Å²) in [6.45, 7) is 1.31. The van der Waals surface area contributed by atoms with Crippen molar-refractivity contribution < 1.29 is 29.3 Å². The number of carbonyl (C=O) groups excluding carboxylic acids is 2. The summed E-state index contributed by atoms with van der Waals surface area (Å²) in [4.78, 5) is 24.0. The fraction of sp³-hybridized carbons (Fsp3) is 0.548. The van der Waals surface area contributed by atoms with Crippen molar-refractivity contribution in [3.8, 4) is 0 Å². The molecule has 4 N–H and O–H groups in total. The molecule has 0 radical (unpaired) electrons. The Morgan fingerprint density at radius 2 is 0.846 bits per heavy atom. The van der Waals surface area contributed by atoms with Crippen molar-refractivity contribution in [3.63, 3.8) is 0 Å². The van der Waals surface area contributed by atoms with Crippen LogP contribution in [0.15, 0.2) is 48.5 Å². The Morgan fingerprint density at radius 3 is 1.21 bits per heavy atom. The standard InChI is InChI=1S/C31H46N2O6/c34-21-9-5-1-3-7-11-23-38-30(36)32-28-17-13-26(14-18-28)25-27-15-19-29(20-16-27)33-31(37)39-24-12-8-4-2-6-10-22-35/h13-20,34-35H,1-12,21-25H2,(H,32,36)(H,33,37). The molecule has 0 atom stereocenters. The minimum atomic E-state index is -0.445.